The summed E-state index contributed by atoms with van der Waals surface area (Å²) in [4.78, 5) is 19.8. The number of aliphatic hydroxyl groups is 1. The molecule has 9 nitrogen and oxygen atoms in total. The molecule has 37 heavy (non-hydrogen) atoms. The molecular weight excluding hydrogens is 480 g/mol. The maximum atomic E-state index is 14.9. The van der Waals surface area contributed by atoms with Crippen molar-refractivity contribution in [2.75, 3.05) is 25.0 Å². The predicted octanol–water partition coefficient (Wildman–Crippen LogP) is 3.83. The van der Waals surface area contributed by atoms with Gasteiger partial charge in [-0.05, 0) is 37.1 Å². The van der Waals surface area contributed by atoms with Crippen LogP contribution in [-0.4, -0.2) is 60.7 Å². The molecule has 0 aliphatic carbocycles. The van der Waals surface area contributed by atoms with Gasteiger partial charge in [0.2, 0.25) is 0 Å². The first-order valence-corrected chi connectivity index (χ1v) is 11.9. The van der Waals surface area contributed by atoms with Gasteiger partial charge in [0.05, 0.1) is 18.8 Å². The van der Waals surface area contributed by atoms with Crippen LogP contribution in [0.4, 0.5) is 19.3 Å². The van der Waals surface area contributed by atoms with Crippen molar-refractivity contribution in [2.45, 2.75) is 31.5 Å². The molecule has 5 rings (SSSR count). The standard InChI is InChI=1S/C26H27F2N7O2/c1-18(26(37,15-33-17-29-16-31-33)23-9-6-21(27)12-24(23)28)35-14-20(13-30-35)19-4-7-22(8-5-19)34-11-3-10-32(2)25(34)36/h4-9,12-14,16-18,37H,3,10-11,15H2,1-2H3/t18-,26-/m1/s1. The number of amides is 2. The molecule has 4 aromatic rings. The number of carbonyl (C=O) groups is 1. The van der Waals surface area contributed by atoms with Gasteiger partial charge in [-0.1, -0.05) is 18.2 Å². The van der Waals surface area contributed by atoms with E-state index in [0.717, 1.165) is 41.9 Å². The van der Waals surface area contributed by atoms with Gasteiger partial charge in [-0.25, -0.2) is 23.2 Å². The van der Waals surface area contributed by atoms with E-state index >= 15 is 0 Å². The molecule has 2 aromatic heterocycles. The molecule has 1 aliphatic rings. The minimum absolute atomic E-state index is 0.0275. The van der Waals surface area contributed by atoms with Crippen LogP contribution in [0.5, 0.6) is 0 Å². The number of carbonyl (C=O) groups excluding carboxylic acids is 1. The van der Waals surface area contributed by atoms with Gasteiger partial charge in [0.1, 0.15) is 29.9 Å². The van der Waals surface area contributed by atoms with Crippen molar-refractivity contribution < 1.29 is 18.7 Å². The Labute approximate surface area is 212 Å². The quantitative estimate of drug-likeness (QED) is 0.411. The molecule has 0 saturated carbocycles. The number of rotatable bonds is 7. The van der Waals surface area contributed by atoms with E-state index in [-0.39, 0.29) is 18.1 Å². The van der Waals surface area contributed by atoms with Crippen molar-refractivity contribution in [3.63, 3.8) is 0 Å². The Hall–Kier alpha value is -4.12. The number of anilines is 1. The molecule has 192 valence electrons. The largest absolute Gasteiger partial charge is 0.381 e. The van der Waals surface area contributed by atoms with Gasteiger partial charge < -0.3 is 10.0 Å². The van der Waals surface area contributed by atoms with Crippen molar-refractivity contribution >= 4 is 11.7 Å². The van der Waals surface area contributed by atoms with Crippen LogP contribution in [0.1, 0.15) is 24.9 Å². The number of hydrogen-bond acceptors (Lipinski definition) is 5. The summed E-state index contributed by atoms with van der Waals surface area (Å²) in [7, 11) is 1.79. The SMILES string of the molecule is C[C@@H](n1cc(-c2ccc(N3CCCN(C)C3=O)cc2)cn1)[C@](O)(Cn1cncn1)c1ccc(F)cc1F. The van der Waals surface area contributed by atoms with E-state index in [1.165, 1.54) is 23.4 Å². The molecule has 1 saturated heterocycles. The van der Waals surface area contributed by atoms with Crippen LogP contribution in [-0.2, 0) is 12.1 Å². The summed E-state index contributed by atoms with van der Waals surface area (Å²) in [6.45, 7) is 3.00. The number of hydrogen-bond donors (Lipinski definition) is 1. The van der Waals surface area contributed by atoms with E-state index in [2.05, 4.69) is 15.2 Å². The zero-order chi connectivity index (χ0) is 26.2. The number of halogens is 2. The monoisotopic (exact) mass is 507 g/mol. The molecule has 2 atom stereocenters. The van der Waals surface area contributed by atoms with Crippen molar-refractivity contribution in [2.24, 2.45) is 0 Å². The number of benzene rings is 2. The maximum Gasteiger partial charge on any atom is 0.324 e. The van der Waals surface area contributed by atoms with Crippen molar-refractivity contribution in [3.8, 4) is 11.1 Å². The highest BCUT2D eigenvalue weighted by Crippen LogP contribution is 2.37. The van der Waals surface area contributed by atoms with E-state index < -0.39 is 23.3 Å². The first-order chi connectivity index (χ1) is 17.8. The van der Waals surface area contributed by atoms with E-state index in [9.17, 15) is 18.7 Å². The highest BCUT2D eigenvalue weighted by molar-refractivity contribution is 5.92. The van der Waals surface area contributed by atoms with Gasteiger partial charge in [0.25, 0.3) is 0 Å². The summed E-state index contributed by atoms with van der Waals surface area (Å²) >= 11 is 0. The van der Waals surface area contributed by atoms with Gasteiger partial charge >= 0.3 is 6.03 Å². The minimum Gasteiger partial charge on any atom is -0.381 e. The summed E-state index contributed by atoms with van der Waals surface area (Å²) in [6, 6.07) is 9.90. The van der Waals surface area contributed by atoms with Gasteiger partial charge in [-0.2, -0.15) is 10.2 Å². The Morgan fingerprint density at radius 2 is 1.86 bits per heavy atom. The Morgan fingerprint density at radius 1 is 1.08 bits per heavy atom. The second-order valence-corrected chi connectivity index (χ2v) is 9.28. The molecule has 1 aliphatic heterocycles. The fourth-order valence-electron chi connectivity index (χ4n) is 4.70. The van der Waals surface area contributed by atoms with Crippen LogP contribution in [0.25, 0.3) is 11.1 Å². The Morgan fingerprint density at radius 3 is 2.57 bits per heavy atom. The van der Waals surface area contributed by atoms with Gasteiger partial charge in [0, 0.05) is 49.2 Å². The Kier molecular flexibility index (Phi) is 6.46. The summed E-state index contributed by atoms with van der Waals surface area (Å²) in [6.07, 6.45) is 7.05. The van der Waals surface area contributed by atoms with Gasteiger partial charge in [-0.15, -0.1) is 0 Å². The second-order valence-electron chi connectivity index (χ2n) is 9.28. The smallest absolute Gasteiger partial charge is 0.324 e. The van der Waals surface area contributed by atoms with Crippen molar-refractivity contribution in [1.82, 2.24) is 29.4 Å². The number of aromatic nitrogens is 5. The second kappa shape index (κ2) is 9.74. The summed E-state index contributed by atoms with van der Waals surface area (Å²) < 4.78 is 31.4. The molecule has 11 heteroatoms. The Balaban J connectivity index is 1.43. The summed E-state index contributed by atoms with van der Waals surface area (Å²) in [5.41, 5.74) is 0.569. The molecule has 1 N–H and O–H groups in total. The molecule has 3 heterocycles. The third kappa shape index (κ3) is 4.69. The summed E-state index contributed by atoms with van der Waals surface area (Å²) in [5, 5.41) is 20.3. The van der Waals surface area contributed by atoms with Crippen molar-refractivity contribution in [1.29, 1.82) is 0 Å². The number of nitrogens with zero attached hydrogens (tertiary/aromatic N) is 7. The topological polar surface area (TPSA) is 92.3 Å². The minimum atomic E-state index is -1.82. The van der Waals surface area contributed by atoms with Crippen LogP contribution in [0.2, 0.25) is 0 Å². The molecule has 2 aromatic carbocycles. The molecule has 0 spiro atoms. The average Bonchev–Trinajstić information content (AvgIpc) is 3.58. The van der Waals surface area contributed by atoms with E-state index in [0.29, 0.717) is 6.54 Å². The van der Waals surface area contributed by atoms with Crippen LogP contribution in [0.3, 0.4) is 0 Å². The lowest BCUT2D eigenvalue weighted by molar-refractivity contribution is -0.0368. The third-order valence-electron chi connectivity index (χ3n) is 6.90. The highest BCUT2D eigenvalue weighted by atomic mass is 19.1. The van der Waals surface area contributed by atoms with E-state index in [1.807, 2.05) is 24.3 Å². The lowest BCUT2D eigenvalue weighted by Gasteiger charge is -2.34. The van der Waals surface area contributed by atoms with Crippen LogP contribution in [0, 0.1) is 11.6 Å². The average molecular weight is 508 g/mol. The molecule has 0 radical (unpaired) electrons. The molecular formula is C26H27F2N7O2. The van der Waals surface area contributed by atoms with Gasteiger partial charge in [0.15, 0.2) is 0 Å². The zero-order valence-corrected chi connectivity index (χ0v) is 20.5. The fraction of sp³-hybridized carbons (Fsp3) is 0.308. The van der Waals surface area contributed by atoms with Crippen molar-refractivity contribution in [3.05, 3.63) is 84.7 Å². The third-order valence-corrected chi connectivity index (χ3v) is 6.90. The zero-order valence-electron chi connectivity index (χ0n) is 20.5. The Bertz CT molecular complexity index is 1390. The normalized spacial score (nSPS) is 16.6. The summed E-state index contributed by atoms with van der Waals surface area (Å²) in [5.74, 6) is -1.60. The predicted molar refractivity (Wildman–Crippen MR) is 133 cm³/mol. The van der Waals surface area contributed by atoms with E-state index in [1.54, 1.807) is 40.8 Å². The lowest BCUT2D eigenvalue weighted by Crippen LogP contribution is -2.47. The lowest BCUT2D eigenvalue weighted by atomic mass is 9.86. The highest BCUT2D eigenvalue weighted by Gasteiger charge is 2.41. The molecule has 1 fully saturated rings. The maximum absolute atomic E-state index is 14.9. The van der Waals surface area contributed by atoms with Crippen LogP contribution in [0.15, 0.2) is 67.5 Å². The number of urea groups is 1. The molecule has 0 bridgehead atoms. The van der Waals surface area contributed by atoms with Crippen LogP contribution < -0.4 is 4.90 Å². The first kappa shape index (κ1) is 24.6. The fourth-order valence-corrected chi connectivity index (χ4v) is 4.70. The first-order valence-electron chi connectivity index (χ1n) is 11.9. The molecule has 2 amide bonds. The van der Waals surface area contributed by atoms with Crippen LogP contribution >= 0.6 is 0 Å². The molecule has 0 unspecified atom stereocenters. The van der Waals surface area contributed by atoms with E-state index in [4.69, 9.17) is 0 Å². The van der Waals surface area contributed by atoms with Gasteiger partial charge in [-0.3, -0.25) is 9.58 Å².